The molecule has 0 aliphatic heterocycles. The fourth-order valence-electron chi connectivity index (χ4n) is 3.77. The molecule has 0 bridgehead atoms. The van der Waals surface area contributed by atoms with Crippen molar-refractivity contribution in [2.45, 2.75) is 39.7 Å². The van der Waals surface area contributed by atoms with E-state index in [-0.39, 0.29) is 5.91 Å². The number of benzene rings is 2. The van der Waals surface area contributed by atoms with Gasteiger partial charge in [0.15, 0.2) is 5.76 Å². The van der Waals surface area contributed by atoms with Gasteiger partial charge in [0.05, 0.1) is 23.9 Å². The maximum absolute atomic E-state index is 12.1. The number of aryl methyl sites for hydroxylation is 3. The van der Waals surface area contributed by atoms with Crippen LogP contribution in [0.5, 0.6) is 5.75 Å². The average molecular weight is 432 g/mol. The molecule has 0 fully saturated rings. The number of hydrogen-bond donors (Lipinski definition) is 1. The number of rotatable bonds is 10. The number of imidazole rings is 1. The van der Waals surface area contributed by atoms with Gasteiger partial charge < -0.3 is 19.0 Å². The van der Waals surface area contributed by atoms with Gasteiger partial charge in [0.25, 0.3) is 5.91 Å². The Bertz CT molecular complexity index is 1180. The maximum Gasteiger partial charge on any atom is 0.286 e. The number of hydrogen-bond acceptors (Lipinski definition) is 4. The van der Waals surface area contributed by atoms with Crippen molar-refractivity contribution in [2.75, 3.05) is 13.2 Å². The van der Waals surface area contributed by atoms with Gasteiger partial charge in [0, 0.05) is 19.5 Å². The summed E-state index contributed by atoms with van der Waals surface area (Å²) in [4.78, 5) is 16.9. The Kier molecular flexibility index (Phi) is 6.90. The van der Waals surface area contributed by atoms with E-state index in [9.17, 15) is 4.79 Å². The molecule has 166 valence electrons. The molecule has 1 N–H and O–H groups in total. The van der Waals surface area contributed by atoms with Gasteiger partial charge in [-0.05, 0) is 68.1 Å². The number of ether oxygens (including phenoxy) is 1. The number of unbranched alkanes of at least 4 members (excludes halogenated alkanes) is 1. The Morgan fingerprint density at radius 1 is 1.09 bits per heavy atom. The van der Waals surface area contributed by atoms with Gasteiger partial charge in [-0.1, -0.05) is 24.3 Å². The molecule has 4 aromatic rings. The lowest BCUT2D eigenvalue weighted by Gasteiger charge is -2.12. The SMILES string of the molecule is Cc1ccc(C)c(OCCCCn2c(CCNC(=O)c3ccco3)nc3ccccc32)c1. The summed E-state index contributed by atoms with van der Waals surface area (Å²) in [7, 11) is 0. The van der Waals surface area contributed by atoms with E-state index in [2.05, 4.69) is 48.0 Å². The van der Waals surface area contributed by atoms with Crippen molar-refractivity contribution in [3.63, 3.8) is 0 Å². The first-order valence-electron chi connectivity index (χ1n) is 11.1. The van der Waals surface area contributed by atoms with Crippen LogP contribution in [0.1, 0.15) is 40.3 Å². The second-order valence-electron chi connectivity index (χ2n) is 7.98. The number of aromatic nitrogens is 2. The third-order valence-electron chi connectivity index (χ3n) is 5.49. The lowest BCUT2D eigenvalue weighted by atomic mass is 10.1. The van der Waals surface area contributed by atoms with Crippen LogP contribution in [-0.2, 0) is 13.0 Å². The average Bonchev–Trinajstić information content (AvgIpc) is 3.44. The van der Waals surface area contributed by atoms with Gasteiger partial charge in [0.1, 0.15) is 11.6 Å². The molecule has 6 heteroatoms. The summed E-state index contributed by atoms with van der Waals surface area (Å²) in [6, 6.07) is 17.8. The molecule has 2 aromatic carbocycles. The van der Waals surface area contributed by atoms with E-state index in [1.165, 1.54) is 11.8 Å². The summed E-state index contributed by atoms with van der Waals surface area (Å²) in [5.74, 6) is 2.05. The highest BCUT2D eigenvalue weighted by Crippen LogP contribution is 2.20. The Balaban J connectivity index is 1.33. The second kappa shape index (κ2) is 10.2. The van der Waals surface area contributed by atoms with Crippen LogP contribution in [0.25, 0.3) is 11.0 Å². The number of nitrogens with zero attached hydrogens (tertiary/aromatic N) is 2. The molecular formula is C26H29N3O3. The summed E-state index contributed by atoms with van der Waals surface area (Å²) in [5.41, 5.74) is 4.47. The number of amides is 1. The van der Waals surface area contributed by atoms with Crippen molar-refractivity contribution in [3.8, 4) is 5.75 Å². The Morgan fingerprint density at radius 2 is 1.97 bits per heavy atom. The molecule has 0 radical (unpaired) electrons. The monoisotopic (exact) mass is 431 g/mol. The smallest absolute Gasteiger partial charge is 0.286 e. The predicted molar refractivity (Wildman–Crippen MR) is 125 cm³/mol. The summed E-state index contributed by atoms with van der Waals surface area (Å²) in [6.45, 7) is 6.20. The zero-order chi connectivity index (χ0) is 22.3. The first-order chi connectivity index (χ1) is 15.6. The molecular weight excluding hydrogens is 402 g/mol. The molecule has 0 saturated heterocycles. The molecule has 2 aromatic heterocycles. The second-order valence-corrected chi connectivity index (χ2v) is 7.98. The summed E-state index contributed by atoms with van der Waals surface area (Å²) < 4.78 is 13.4. The largest absolute Gasteiger partial charge is 0.493 e. The van der Waals surface area contributed by atoms with Crippen molar-refractivity contribution in [1.82, 2.24) is 14.9 Å². The fraction of sp³-hybridized carbons (Fsp3) is 0.308. The van der Waals surface area contributed by atoms with E-state index in [0.29, 0.717) is 25.3 Å². The van der Waals surface area contributed by atoms with Crippen LogP contribution in [-0.4, -0.2) is 28.6 Å². The van der Waals surface area contributed by atoms with Gasteiger partial charge >= 0.3 is 0 Å². The van der Waals surface area contributed by atoms with E-state index in [1.807, 2.05) is 18.2 Å². The van der Waals surface area contributed by atoms with E-state index in [4.69, 9.17) is 14.1 Å². The molecule has 2 heterocycles. The molecule has 0 spiro atoms. The van der Waals surface area contributed by atoms with Gasteiger partial charge in [0.2, 0.25) is 0 Å². The fourth-order valence-corrected chi connectivity index (χ4v) is 3.77. The first-order valence-corrected chi connectivity index (χ1v) is 11.1. The third-order valence-corrected chi connectivity index (χ3v) is 5.49. The number of fused-ring (bicyclic) bond motifs is 1. The highest BCUT2D eigenvalue weighted by atomic mass is 16.5. The highest BCUT2D eigenvalue weighted by Gasteiger charge is 2.12. The Hall–Kier alpha value is -3.54. The molecule has 0 aliphatic carbocycles. The molecule has 32 heavy (non-hydrogen) atoms. The first kappa shape index (κ1) is 21.7. The number of carbonyl (C=O) groups is 1. The lowest BCUT2D eigenvalue weighted by Crippen LogP contribution is -2.26. The number of para-hydroxylation sites is 2. The normalized spacial score (nSPS) is 11.1. The molecule has 1 amide bonds. The zero-order valence-corrected chi connectivity index (χ0v) is 18.6. The van der Waals surface area contributed by atoms with E-state index < -0.39 is 0 Å². The number of furan rings is 1. The molecule has 4 rings (SSSR count). The van der Waals surface area contributed by atoms with Crippen LogP contribution in [0, 0.1) is 13.8 Å². The van der Waals surface area contributed by atoms with Crippen molar-refractivity contribution in [3.05, 3.63) is 83.6 Å². The van der Waals surface area contributed by atoms with Crippen molar-refractivity contribution in [2.24, 2.45) is 0 Å². The Morgan fingerprint density at radius 3 is 2.81 bits per heavy atom. The van der Waals surface area contributed by atoms with E-state index in [0.717, 1.165) is 47.6 Å². The van der Waals surface area contributed by atoms with Crippen LogP contribution >= 0.6 is 0 Å². The Labute approximate surface area is 188 Å². The summed E-state index contributed by atoms with van der Waals surface area (Å²) >= 11 is 0. The minimum atomic E-state index is -0.207. The molecule has 0 unspecified atom stereocenters. The molecule has 6 nitrogen and oxygen atoms in total. The lowest BCUT2D eigenvalue weighted by molar-refractivity contribution is 0.0926. The van der Waals surface area contributed by atoms with Crippen molar-refractivity contribution in [1.29, 1.82) is 0 Å². The van der Waals surface area contributed by atoms with Gasteiger partial charge in [-0.15, -0.1) is 0 Å². The molecule has 0 saturated carbocycles. The van der Waals surface area contributed by atoms with Crippen LogP contribution < -0.4 is 10.1 Å². The zero-order valence-electron chi connectivity index (χ0n) is 18.6. The summed E-state index contributed by atoms with van der Waals surface area (Å²) in [6.07, 6.45) is 4.09. The minimum absolute atomic E-state index is 0.207. The third kappa shape index (κ3) is 5.19. The quantitative estimate of drug-likeness (QED) is 0.356. The topological polar surface area (TPSA) is 69.3 Å². The standard InChI is InChI=1S/C26H29N3O3/c1-19-11-12-20(2)24(18-19)32-16-6-5-15-29-22-9-4-3-8-21(22)28-25(29)13-14-27-26(30)23-10-7-17-31-23/h3-4,7-12,17-18H,5-6,13-16H2,1-2H3,(H,27,30). The number of nitrogens with one attached hydrogen (secondary N) is 1. The number of carbonyl (C=O) groups excluding carboxylic acids is 1. The maximum atomic E-state index is 12.1. The predicted octanol–water partition coefficient (Wildman–Crippen LogP) is 5.08. The van der Waals surface area contributed by atoms with Crippen LogP contribution in [0.15, 0.2) is 65.3 Å². The van der Waals surface area contributed by atoms with E-state index >= 15 is 0 Å². The molecule has 0 atom stereocenters. The van der Waals surface area contributed by atoms with Crippen molar-refractivity contribution >= 4 is 16.9 Å². The van der Waals surface area contributed by atoms with E-state index in [1.54, 1.807) is 12.1 Å². The highest BCUT2D eigenvalue weighted by molar-refractivity contribution is 5.91. The van der Waals surface area contributed by atoms with Crippen LogP contribution in [0.4, 0.5) is 0 Å². The summed E-state index contributed by atoms with van der Waals surface area (Å²) in [5, 5.41) is 2.90. The van der Waals surface area contributed by atoms with Gasteiger partial charge in [-0.25, -0.2) is 4.98 Å². The molecule has 0 aliphatic rings. The minimum Gasteiger partial charge on any atom is -0.493 e. The van der Waals surface area contributed by atoms with Crippen molar-refractivity contribution < 1.29 is 13.9 Å². The van der Waals surface area contributed by atoms with Crippen LogP contribution in [0.3, 0.4) is 0 Å². The van der Waals surface area contributed by atoms with Gasteiger partial charge in [-0.2, -0.15) is 0 Å². The van der Waals surface area contributed by atoms with Gasteiger partial charge in [-0.3, -0.25) is 4.79 Å². The van der Waals surface area contributed by atoms with Crippen LogP contribution in [0.2, 0.25) is 0 Å².